The van der Waals surface area contributed by atoms with Crippen molar-refractivity contribution in [2.45, 2.75) is 13.0 Å². The number of ether oxygens (including phenoxy) is 1. The summed E-state index contributed by atoms with van der Waals surface area (Å²) in [7, 11) is 0. The fourth-order valence-corrected chi connectivity index (χ4v) is 1.83. The number of carbonyl (C=O) groups excluding carboxylic acids is 1. The van der Waals surface area contributed by atoms with Gasteiger partial charge in [-0.05, 0) is 23.8 Å². The first kappa shape index (κ1) is 14.8. The molecule has 0 saturated heterocycles. The molecule has 0 spiro atoms. The van der Waals surface area contributed by atoms with Gasteiger partial charge in [-0.2, -0.15) is 8.78 Å². The zero-order valence-electron chi connectivity index (χ0n) is 11.1. The molecule has 110 valence electrons. The molecule has 0 bridgehead atoms. The molecule has 0 aliphatic heterocycles. The summed E-state index contributed by atoms with van der Waals surface area (Å²) in [6.07, 6.45) is 0.0513. The van der Waals surface area contributed by atoms with Crippen LogP contribution in [0, 0.1) is 0 Å². The van der Waals surface area contributed by atoms with Crippen molar-refractivity contribution in [1.82, 2.24) is 0 Å². The van der Waals surface area contributed by atoms with Gasteiger partial charge in [0, 0.05) is 5.69 Å². The monoisotopic (exact) mass is 292 g/mol. The van der Waals surface area contributed by atoms with Gasteiger partial charge in [-0.15, -0.1) is 0 Å². The summed E-state index contributed by atoms with van der Waals surface area (Å²) < 4.78 is 28.9. The minimum Gasteiger partial charge on any atom is -0.433 e. The number of hydrogen-bond acceptors (Lipinski definition) is 3. The van der Waals surface area contributed by atoms with Crippen LogP contribution in [0.1, 0.15) is 5.56 Å². The molecular formula is C15H14F2N2O2. The number of rotatable bonds is 5. The number of benzene rings is 2. The first-order valence-corrected chi connectivity index (χ1v) is 6.23. The van der Waals surface area contributed by atoms with Gasteiger partial charge in [0.2, 0.25) is 5.91 Å². The van der Waals surface area contributed by atoms with Crippen LogP contribution in [0.25, 0.3) is 0 Å². The van der Waals surface area contributed by atoms with E-state index in [0.717, 1.165) is 0 Å². The van der Waals surface area contributed by atoms with Gasteiger partial charge >= 0.3 is 6.61 Å². The molecule has 4 nitrogen and oxygen atoms in total. The van der Waals surface area contributed by atoms with E-state index in [4.69, 9.17) is 5.73 Å². The number of anilines is 2. The molecule has 0 aliphatic rings. The van der Waals surface area contributed by atoms with Gasteiger partial charge in [-0.3, -0.25) is 4.79 Å². The first-order valence-electron chi connectivity index (χ1n) is 6.23. The molecule has 0 unspecified atom stereocenters. The molecule has 0 radical (unpaired) electrons. The zero-order chi connectivity index (χ0) is 15.2. The summed E-state index contributed by atoms with van der Waals surface area (Å²) in [6.45, 7) is -2.95. The second-order valence-corrected chi connectivity index (χ2v) is 4.30. The zero-order valence-corrected chi connectivity index (χ0v) is 11.1. The summed E-state index contributed by atoms with van der Waals surface area (Å²) in [4.78, 5) is 12.0. The lowest BCUT2D eigenvalue weighted by Crippen LogP contribution is -2.16. The van der Waals surface area contributed by atoms with Crippen LogP contribution in [0.15, 0.2) is 48.5 Å². The first-order chi connectivity index (χ1) is 10.1. The third-order valence-corrected chi connectivity index (χ3v) is 2.78. The Morgan fingerprint density at radius 3 is 2.52 bits per heavy atom. The minimum absolute atomic E-state index is 0.0513. The fourth-order valence-electron chi connectivity index (χ4n) is 1.83. The Kier molecular flexibility index (Phi) is 4.71. The molecule has 2 aromatic carbocycles. The number of amides is 1. The van der Waals surface area contributed by atoms with Crippen molar-refractivity contribution in [3.05, 3.63) is 54.1 Å². The number of carbonyl (C=O) groups is 1. The number of halogens is 2. The van der Waals surface area contributed by atoms with E-state index < -0.39 is 6.61 Å². The Bertz CT molecular complexity index is 633. The van der Waals surface area contributed by atoms with Crippen LogP contribution >= 0.6 is 0 Å². The lowest BCUT2D eigenvalue weighted by molar-refractivity contribution is -0.115. The Morgan fingerprint density at radius 2 is 1.81 bits per heavy atom. The summed E-state index contributed by atoms with van der Waals surface area (Å²) in [6, 6.07) is 13.0. The van der Waals surface area contributed by atoms with Gasteiger partial charge in [0.1, 0.15) is 5.75 Å². The van der Waals surface area contributed by atoms with Crippen molar-refractivity contribution in [3.63, 3.8) is 0 Å². The molecule has 2 aromatic rings. The van der Waals surface area contributed by atoms with E-state index in [9.17, 15) is 13.6 Å². The molecule has 1 amide bonds. The van der Waals surface area contributed by atoms with Crippen molar-refractivity contribution in [2.75, 3.05) is 11.1 Å². The number of nitrogens with one attached hydrogen (secondary N) is 1. The molecule has 2 rings (SSSR count). The van der Waals surface area contributed by atoms with Crippen molar-refractivity contribution in [1.29, 1.82) is 0 Å². The molecule has 0 fully saturated rings. The van der Waals surface area contributed by atoms with Crippen LogP contribution in [0.5, 0.6) is 5.75 Å². The largest absolute Gasteiger partial charge is 0.433 e. The summed E-state index contributed by atoms with van der Waals surface area (Å²) in [5.74, 6) is -0.444. The maximum Gasteiger partial charge on any atom is 0.387 e. The molecule has 0 aromatic heterocycles. The number of para-hydroxylation sites is 3. The van der Waals surface area contributed by atoms with Gasteiger partial charge < -0.3 is 15.8 Å². The Labute approximate surface area is 120 Å². The van der Waals surface area contributed by atoms with Crippen LogP contribution in [-0.4, -0.2) is 12.5 Å². The Morgan fingerprint density at radius 1 is 1.14 bits per heavy atom. The van der Waals surface area contributed by atoms with E-state index in [0.29, 0.717) is 11.3 Å². The van der Waals surface area contributed by atoms with Crippen molar-refractivity contribution in [2.24, 2.45) is 0 Å². The molecule has 3 N–H and O–H groups in total. The standard InChI is InChI=1S/C15H14F2N2O2/c16-15(17)21-13-8-4-3-7-12(13)19-14(20)9-10-5-1-2-6-11(10)18/h1-8,15H,9,18H2,(H,19,20). The quantitative estimate of drug-likeness (QED) is 0.832. The SMILES string of the molecule is Nc1ccccc1CC(=O)Nc1ccccc1OC(F)F. The smallest absolute Gasteiger partial charge is 0.387 e. The maximum atomic E-state index is 12.3. The van der Waals surface area contributed by atoms with E-state index in [1.165, 1.54) is 12.1 Å². The predicted octanol–water partition coefficient (Wildman–Crippen LogP) is 3.05. The topological polar surface area (TPSA) is 64.4 Å². The van der Waals surface area contributed by atoms with Gasteiger partial charge in [0.05, 0.1) is 12.1 Å². The Balaban J connectivity index is 2.08. The van der Waals surface area contributed by atoms with Gasteiger partial charge in [-0.25, -0.2) is 0 Å². The number of alkyl halides is 2. The van der Waals surface area contributed by atoms with Crippen LogP contribution in [0.4, 0.5) is 20.2 Å². The summed E-state index contributed by atoms with van der Waals surface area (Å²) in [5, 5.41) is 2.54. The number of nitrogen functional groups attached to an aromatic ring is 1. The van der Waals surface area contributed by atoms with E-state index in [-0.39, 0.29) is 23.8 Å². The van der Waals surface area contributed by atoms with Crippen LogP contribution in [0.2, 0.25) is 0 Å². The van der Waals surface area contributed by atoms with Gasteiger partial charge in [0.25, 0.3) is 0 Å². The maximum absolute atomic E-state index is 12.3. The molecule has 0 heterocycles. The van der Waals surface area contributed by atoms with Gasteiger partial charge in [0.15, 0.2) is 0 Å². The lowest BCUT2D eigenvalue weighted by Gasteiger charge is -2.12. The van der Waals surface area contributed by atoms with Crippen molar-refractivity contribution in [3.8, 4) is 5.75 Å². The normalized spacial score (nSPS) is 10.4. The summed E-state index contributed by atoms with van der Waals surface area (Å²) in [5.41, 5.74) is 7.12. The molecule has 6 heteroatoms. The lowest BCUT2D eigenvalue weighted by atomic mass is 10.1. The van der Waals surface area contributed by atoms with E-state index >= 15 is 0 Å². The summed E-state index contributed by atoms with van der Waals surface area (Å²) >= 11 is 0. The van der Waals surface area contributed by atoms with E-state index in [1.54, 1.807) is 36.4 Å². The highest BCUT2D eigenvalue weighted by Gasteiger charge is 2.12. The Hall–Kier alpha value is -2.63. The predicted molar refractivity (Wildman–Crippen MR) is 76.3 cm³/mol. The van der Waals surface area contributed by atoms with Crippen molar-refractivity contribution < 1.29 is 18.3 Å². The van der Waals surface area contributed by atoms with E-state index in [2.05, 4.69) is 10.1 Å². The molecule has 0 saturated carbocycles. The molecule has 0 atom stereocenters. The third kappa shape index (κ3) is 4.17. The van der Waals surface area contributed by atoms with Crippen LogP contribution < -0.4 is 15.8 Å². The molecule has 0 aliphatic carbocycles. The second kappa shape index (κ2) is 6.69. The third-order valence-electron chi connectivity index (χ3n) is 2.78. The highest BCUT2D eigenvalue weighted by molar-refractivity contribution is 5.94. The average molecular weight is 292 g/mol. The van der Waals surface area contributed by atoms with Gasteiger partial charge in [-0.1, -0.05) is 30.3 Å². The van der Waals surface area contributed by atoms with Crippen molar-refractivity contribution >= 4 is 17.3 Å². The fraction of sp³-hybridized carbons (Fsp3) is 0.133. The average Bonchev–Trinajstić information content (AvgIpc) is 2.43. The molecule has 21 heavy (non-hydrogen) atoms. The van der Waals surface area contributed by atoms with Crippen LogP contribution in [0.3, 0.4) is 0 Å². The highest BCUT2D eigenvalue weighted by atomic mass is 19.3. The molecular weight excluding hydrogens is 278 g/mol. The van der Waals surface area contributed by atoms with Crippen LogP contribution in [-0.2, 0) is 11.2 Å². The van der Waals surface area contributed by atoms with E-state index in [1.807, 2.05) is 0 Å². The highest BCUT2D eigenvalue weighted by Crippen LogP contribution is 2.25. The second-order valence-electron chi connectivity index (χ2n) is 4.30. The number of hydrogen-bond donors (Lipinski definition) is 2. The minimum atomic E-state index is -2.95. The number of nitrogens with two attached hydrogens (primary N) is 1.